The van der Waals surface area contributed by atoms with E-state index in [-0.39, 0.29) is 12.4 Å². The second-order valence-electron chi connectivity index (χ2n) is 4.27. The summed E-state index contributed by atoms with van der Waals surface area (Å²) in [5, 5.41) is 0. The van der Waals surface area contributed by atoms with Crippen LogP contribution >= 0.6 is 0 Å². The lowest BCUT2D eigenvalue weighted by Crippen LogP contribution is -2.35. The molecule has 19 heavy (non-hydrogen) atoms. The van der Waals surface area contributed by atoms with Gasteiger partial charge in [0.25, 0.3) is 0 Å². The van der Waals surface area contributed by atoms with Gasteiger partial charge in [-0.25, -0.2) is 8.42 Å². The van der Waals surface area contributed by atoms with Crippen LogP contribution < -0.4 is 5.73 Å². The van der Waals surface area contributed by atoms with Crippen LogP contribution in [0.25, 0.3) is 0 Å². The first kappa shape index (κ1) is 16.1. The Morgan fingerprint density at radius 1 is 1.26 bits per heavy atom. The quantitative estimate of drug-likeness (QED) is 0.729. The van der Waals surface area contributed by atoms with Crippen molar-refractivity contribution < 1.29 is 13.2 Å². The molecule has 5 nitrogen and oxygen atoms in total. The Morgan fingerprint density at radius 3 is 2.53 bits per heavy atom. The second-order valence-corrected chi connectivity index (χ2v) is 6.36. The number of rotatable bonds is 9. The third kappa shape index (κ3) is 5.69. The van der Waals surface area contributed by atoms with E-state index in [1.165, 1.54) is 11.4 Å². The van der Waals surface area contributed by atoms with Gasteiger partial charge in [0.1, 0.15) is 0 Å². The monoisotopic (exact) mass is 286 g/mol. The van der Waals surface area contributed by atoms with E-state index >= 15 is 0 Å². The van der Waals surface area contributed by atoms with E-state index in [1.54, 1.807) is 0 Å². The lowest BCUT2D eigenvalue weighted by molar-refractivity contribution is 0.215. The van der Waals surface area contributed by atoms with E-state index in [4.69, 9.17) is 10.5 Å². The Labute approximate surface area is 115 Å². The van der Waals surface area contributed by atoms with Crippen LogP contribution in [0.1, 0.15) is 12.0 Å². The molecule has 6 heteroatoms. The highest BCUT2D eigenvalue weighted by atomic mass is 32.2. The van der Waals surface area contributed by atoms with Crippen molar-refractivity contribution in [2.45, 2.75) is 13.0 Å². The summed E-state index contributed by atoms with van der Waals surface area (Å²) in [5.74, 6) is 0.000898. The van der Waals surface area contributed by atoms with Gasteiger partial charge < -0.3 is 10.5 Å². The number of hydrogen-bond donors (Lipinski definition) is 1. The molecule has 1 aromatic rings. The summed E-state index contributed by atoms with van der Waals surface area (Å²) in [5.41, 5.74) is 6.44. The van der Waals surface area contributed by atoms with E-state index in [2.05, 4.69) is 0 Å². The van der Waals surface area contributed by atoms with Gasteiger partial charge in [-0.05, 0) is 18.5 Å². The van der Waals surface area contributed by atoms with Crippen LogP contribution in [0.4, 0.5) is 0 Å². The lowest BCUT2D eigenvalue weighted by Gasteiger charge is -2.22. The molecule has 108 valence electrons. The van der Waals surface area contributed by atoms with Gasteiger partial charge in [-0.15, -0.1) is 0 Å². The normalized spacial score (nSPS) is 11.9. The lowest BCUT2D eigenvalue weighted by atomic mass is 10.2. The zero-order valence-electron chi connectivity index (χ0n) is 11.3. The predicted octanol–water partition coefficient (Wildman–Crippen LogP) is 0.814. The highest BCUT2D eigenvalue weighted by molar-refractivity contribution is 7.89. The number of hydrogen-bond acceptors (Lipinski definition) is 4. The Bertz CT molecular complexity index is 448. The first-order valence-electron chi connectivity index (χ1n) is 6.31. The Hall–Kier alpha value is -0.950. The van der Waals surface area contributed by atoms with Crippen molar-refractivity contribution in [3.63, 3.8) is 0 Å². The summed E-state index contributed by atoms with van der Waals surface area (Å²) >= 11 is 0. The number of nitrogens with zero attached hydrogens (tertiary/aromatic N) is 1. The maximum Gasteiger partial charge on any atom is 0.216 e. The predicted molar refractivity (Wildman–Crippen MR) is 76.2 cm³/mol. The minimum atomic E-state index is -3.30. The summed E-state index contributed by atoms with van der Waals surface area (Å²) < 4.78 is 30.7. The van der Waals surface area contributed by atoms with Crippen LogP contribution in [-0.4, -0.2) is 45.3 Å². The summed E-state index contributed by atoms with van der Waals surface area (Å²) in [4.78, 5) is 0. The minimum Gasteiger partial charge on any atom is -0.384 e. The van der Waals surface area contributed by atoms with E-state index < -0.39 is 10.0 Å². The Balaban J connectivity index is 2.76. The number of ether oxygens (including phenoxy) is 1. The molecule has 0 aromatic heterocycles. The number of methoxy groups -OCH3 is 1. The third-order valence-electron chi connectivity index (χ3n) is 2.75. The van der Waals surface area contributed by atoms with Crippen LogP contribution in [0.5, 0.6) is 0 Å². The van der Waals surface area contributed by atoms with Crippen molar-refractivity contribution in [3.8, 4) is 0 Å². The van der Waals surface area contributed by atoms with E-state index in [1.807, 2.05) is 30.3 Å². The van der Waals surface area contributed by atoms with Crippen molar-refractivity contribution in [1.82, 2.24) is 4.31 Å². The molecule has 0 radical (unpaired) electrons. The molecule has 0 aliphatic heterocycles. The topological polar surface area (TPSA) is 72.6 Å². The summed E-state index contributed by atoms with van der Waals surface area (Å²) in [6, 6.07) is 9.55. The van der Waals surface area contributed by atoms with Crippen molar-refractivity contribution in [1.29, 1.82) is 0 Å². The van der Waals surface area contributed by atoms with Gasteiger partial charge in [0.05, 0.1) is 12.4 Å². The molecule has 0 spiro atoms. The van der Waals surface area contributed by atoms with Gasteiger partial charge in [0.15, 0.2) is 0 Å². The van der Waals surface area contributed by atoms with Crippen LogP contribution in [0, 0.1) is 0 Å². The molecule has 0 unspecified atom stereocenters. The van der Waals surface area contributed by atoms with Crippen LogP contribution in [0.2, 0.25) is 0 Å². The molecule has 0 fully saturated rings. The molecule has 1 rings (SSSR count). The molecule has 0 saturated heterocycles. The molecule has 0 heterocycles. The largest absolute Gasteiger partial charge is 0.384 e. The van der Waals surface area contributed by atoms with Gasteiger partial charge in [0.2, 0.25) is 10.0 Å². The molecule has 0 aliphatic carbocycles. The van der Waals surface area contributed by atoms with Crippen molar-refractivity contribution >= 4 is 10.0 Å². The van der Waals surface area contributed by atoms with Gasteiger partial charge >= 0.3 is 0 Å². The highest BCUT2D eigenvalue weighted by Crippen LogP contribution is 2.10. The second kappa shape index (κ2) is 8.27. The van der Waals surface area contributed by atoms with Gasteiger partial charge in [-0.1, -0.05) is 30.3 Å². The first-order valence-corrected chi connectivity index (χ1v) is 7.92. The van der Waals surface area contributed by atoms with E-state index in [0.29, 0.717) is 26.1 Å². The van der Waals surface area contributed by atoms with E-state index in [0.717, 1.165) is 5.56 Å². The molecule has 2 N–H and O–H groups in total. The highest BCUT2D eigenvalue weighted by Gasteiger charge is 2.21. The van der Waals surface area contributed by atoms with Gasteiger partial charge in [-0.3, -0.25) is 0 Å². The maximum absolute atomic E-state index is 12.2. The van der Waals surface area contributed by atoms with Crippen LogP contribution in [0.3, 0.4) is 0 Å². The average molecular weight is 286 g/mol. The number of benzene rings is 1. The SMILES string of the molecule is COCCS(=O)(=O)N(CCCN)Cc1ccccc1. The fourth-order valence-electron chi connectivity index (χ4n) is 1.69. The fourth-order valence-corrected chi connectivity index (χ4v) is 3.08. The molecule has 0 bridgehead atoms. The van der Waals surface area contributed by atoms with Gasteiger partial charge in [-0.2, -0.15) is 4.31 Å². The van der Waals surface area contributed by atoms with E-state index in [9.17, 15) is 8.42 Å². The molecular formula is C13H22N2O3S. The Kier molecular flexibility index (Phi) is 7.01. The molecule has 1 aromatic carbocycles. The molecule has 0 atom stereocenters. The zero-order valence-corrected chi connectivity index (χ0v) is 12.1. The van der Waals surface area contributed by atoms with Crippen molar-refractivity contribution in [2.75, 3.05) is 32.6 Å². The van der Waals surface area contributed by atoms with Gasteiger partial charge in [0, 0.05) is 20.2 Å². The molecule has 0 saturated carbocycles. The smallest absolute Gasteiger partial charge is 0.216 e. The maximum atomic E-state index is 12.2. The van der Waals surface area contributed by atoms with Crippen LogP contribution in [0.15, 0.2) is 30.3 Å². The summed E-state index contributed by atoms with van der Waals surface area (Å²) in [6.45, 7) is 1.51. The standard InChI is InChI=1S/C13H22N2O3S/c1-18-10-11-19(16,17)15(9-5-8-14)12-13-6-3-2-4-7-13/h2-4,6-7H,5,8-12,14H2,1H3. The molecular weight excluding hydrogens is 264 g/mol. The summed E-state index contributed by atoms with van der Waals surface area (Å²) in [6.07, 6.45) is 0.652. The van der Waals surface area contributed by atoms with Crippen LogP contribution in [-0.2, 0) is 21.3 Å². The molecule has 0 amide bonds. The average Bonchev–Trinajstić information content (AvgIpc) is 2.42. The molecule has 0 aliphatic rings. The number of sulfonamides is 1. The first-order chi connectivity index (χ1) is 9.10. The zero-order chi connectivity index (χ0) is 14.1. The fraction of sp³-hybridized carbons (Fsp3) is 0.538. The number of nitrogens with two attached hydrogens (primary N) is 1. The summed E-state index contributed by atoms with van der Waals surface area (Å²) in [7, 11) is -1.81. The third-order valence-corrected chi connectivity index (χ3v) is 4.53. The van der Waals surface area contributed by atoms with Crippen molar-refractivity contribution in [3.05, 3.63) is 35.9 Å². The Morgan fingerprint density at radius 2 is 1.95 bits per heavy atom. The minimum absolute atomic E-state index is 0.000898. The van der Waals surface area contributed by atoms with Crippen molar-refractivity contribution in [2.24, 2.45) is 5.73 Å².